The number of phenols is 1. The number of phenolic OH excluding ortho intramolecular Hbond substituents is 1. The van der Waals surface area contributed by atoms with Crippen LogP contribution < -0.4 is 15.6 Å². The number of hydrogen-bond donors (Lipinski definition) is 2. The number of amides is 1. The predicted octanol–water partition coefficient (Wildman–Crippen LogP) is 3.28. The Bertz CT molecular complexity index is 1330. The fourth-order valence-corrected chi connectivity index (χ4v) is 5.65. The molecular formula is C27H29FN4O4S. The molecule has 2 heterocycles. The van der Waals surface area contributed by atoms with Crippen molar-refractivity contribution >= 4 is 17.7 Å². The third-order valence-corrected chi connectivity index (χ3v) is 7.93. The van der Waals surface area contributed by atoms with Gasteiger partial charge in [-0.25, -0.2) is 9.37 Å². The number of nitrogens with zero attached hydrogens (tertiary/aromatic N) is 3. The summed E-state index contributed by atoms with van der Waals surface area (Å²) in [5.41, 5.74) is 1.37. The maximum Gasteiger partial charge on any atom is 0.264 e. The topological polar surface area (TPSA) is 96.7 Å². The van der Waals surface area contributed by atoms with Gasteiger partial charge in [0.2, 0.25) is 5.91 Å². The summed E-state index contributed by atoms with van der Waals surface area (Å²) in [5, 5.41) is 14.6. The van der Waals surface area contributed by atoms with E-state index in [1.54, 1.807) is 53.1 Å². The van der Waals surface area contributed by atoms with Crippen LogP contribution in [0.4, 0.5) is 4.39 Å². The van der Waals surface area contributed by atoms with Crippen LogP contribution in [0.3, 0.4) is 0 Å². The third kappa shape index (κ3) is 5.80. The second kappa shape index (κ2) is 11.4. The number of thioether (sulfide) groups is 1. The van der Waals surface area contributed by atoms with Gasteiger partial charge >= 0.3 is 0 Å². The second-order valence-corrected chi connectivity index (χ2v) is 10.4. The van der Waals surface area contributed by atoms with Gasteiger partial charge in [-0.15, -0.1) is 0 Å². The summed E-state index contributed by atoms with van der Waals surface area (Å²) in [7, 11) is 0. The average Bonchev–Trinajstić information content (AvgIpc) is 2.88. The van der Waals surface area contributed by atoms with Crippen molar-refractivity contribution < 1.29 is 19.0 Å². The lowest BCUT2D eigenvalue weighted by molar-refractivity contribution is -0.131. The van der Waals surface area contributed by atoms with E-state index in [0.717, 1.165) is 18.5 Å². The number of rotatable bonds is 9. The van der Waals surface area contributed by atoms with Crippen molar-refractivity contribution in [3.63, 3.8) is 0 Å². The number of carbonyl (C=O) groups is 1. The Balaban J connectivity index is 1.26. The van der Waals surface area contributed by atoms with Crippen molar-refractivity contribution in [2.24, 2.45) is 0 Å². The zero-order valence-corrected chi connectivity index (χ0v) is 21.2. The van der Waals surface area contributed by atoms with Gasteiger partial charge in [-0.05, 0) is 49.2 Å². The number of fused-ring (bicyclic) bond motifs is 1. The van der Waals surface area contributed by atoms with Gasteiger partial charge in [-0.3, -0.25) is 14.2 Å². The molecule has 1 aliphatic heterocycles. The van der Waals surface area contributed by atoms with Crippen molar-refractivity contribution in [2.75, 3.05) is 26.2 Å². The molecule has 1 aromatic heterocycles. The van der Waals surface area contributed by atoms with Crippen LogP contribution in [0.15, 0.2) is 58.5 Å². The monoisotopic (exact) mass is 524 g/mol. The summed E-state index contributed by atoms with van der Waals surface area (Å²) in [6.45, 7) is 1.55. The van der Waals surface area contributed by atoms with Gasteiger partial charge in [0.15, 0.2) is 5.16 Å². The number of ether oxygens (including phenoxy) is 1. The smallest absolute Gasteiger partial charge is 0.264 e. The summed E-state index contributed by atoms with van der Waals surface area (Å²) < 4.78 is 20.0. The van der Waals surface area contributed by atoms with Crippen LogP contribution in [0.25, 0.3) is 5.69 Å². The highest BCUT2D eigenvalue weighted by molar-refractivity contribution is 7.99. The number of para-hydroxylation sites is 2. The molecule has 2 aliphatic rings. The van der Waals surface area contributed by atoms with E-state index in [-0.39, 0.29) is 36.1 Å². The minimum Gasteiger partial charge on any atom is -0.506 e. The molecule has 0 unspecified atom stereocenters. The second-order valence-electron chi connectivity index (χ2n) is 9.16. The number of halogens is 1. The number of benzene rings is 2. The minimum absolute atomic E-state index is 0.0117. The molecule has 1 fully saturated rings. The molecule has 194 valence electrons. The number of aromatic nitrogens is 2. The quantitative estimate of drug-likeness (QED) is 0.328. The van der Waals surface area contributed by atoms with Gasteiger partial charge in [0.25, 0.3) is 5.56 Å². The Hall–Kier alpha value is -3.37. The summed E-state index contributed by atoms with van der Waals surface area (Å²) in [6.07, 6.45) is 3.85. The SMILES string of the molecule is O=C(CNCCOc1ccc(F)cc1)N1CCc2nc(SC3CCC3)n(-c3ccccc3O)c(=O)c2C1. The van der Waals surface area contributed by atoms with Crippen LogP contribution in [-0.4, -0.2) is 57.0 Å². The van der Waals surface area contributed by atoms with E-state index in [9.17, 15) is 19.1 Å². The zero-order chi connectivity index (χ0) is 25.8. The molecule has 0 bridgehead atoms. The van der Waals surface area contributed by atoms with E-state index >= 15 is 0 Å². The summed E-state index contributed by atoms with van der Waals surface area (Å²) in [6, 6.07) is 12.5. The molecule has 2 N–H and O–H groups in total. The highest BCUT2D eigenvalue weighted by atomic mass is 32.2. The first-order valence-corrected chi connectivity index (χ1v) is 13.3. The lowest BCUT2D eigenvalue weighted by Crippen LogP contribution is -2.44. The summed E-state index contributed by atoms with van der Waals surface area (Å²) >= 11 is 1.59. The summed E-state index contributed by atoms with van der Waals surface area (Å²) in [4.78, 5) is 33.1. The van der Waals surface area contributed by atoms with Crippen molar-refractivity contribution in [3.8, 4) is 17.2 Å². The molecule has 1 saturated carbocycles. The highest BCUT2D eigenvalue weighted by Crippen LogP contribution is 2.37. The molecule has 2 aromatic carbocycles. The zero-order valence-electron chi connectivity index (χ0n) is 20.4. The van der Waals surface area contributed by atoms with E-state index in [1.165, 1.54) is 23.1 Å². The van der Waals surface area contributed by atoms with Crippen LogP contribution in [0.5, 0.6) is 11.5 Å². The largest absolute Gasteiger partial charge is 0.506 e. The van der Waals surface area contributed by atoms with Gasteiger partial charge in [-0.2, -0.15) is 0 Å². The molecule has 1 amide bonds. The Kier molecular flexibility index (Phi) is 7.76. The number of carbonyl (C=O) groups excluding carboxylic acids is 1. The van der Waals surface area contributed by atoms with E-state index in [4.69, 9.17) is 9.72 Å². The number of hydrogen-bond acceptors (Lipinski definition) is 7. The Morgan fingerprint density at radius 3 is 2.70 bits per heavy atom. The first-order valence-electron chi connectivity index (χ1n) is 12.5. The summed E-state index contributed by atoms with van der Waals surface area (Å²) in [5.74, 6) is 0.131. The van der Waals surface area contributed by atoms with E-state index < -0.39 is 0 Å². The van der Waals surface area contributed by atoms with Crippen LogP contribution in [0.1, 0.15) is 30.5 Å². The Labute approximate surface area is 218 Å². The number of nitrogens with one attached hydrogen (secondary N) is 1. The predicted molar refractivity (Wildman–Crippen MR) is 139 cm³/mol. The average molecular weight is 525 g/mol. The maximum absolute atomic E-state index is 13.7. The van der Waals surface area contributed by atoms with Crippen LogP contribution in [0.2, 0.25) is 0 Å². The first kappa shape index (κ1) is 25.3. The van der Waals surface area contributed by atoms with Crippen molar-refractivity contribution in [3.05, 3.63) is 76.0 Å². The fraction of sp³-hybridized carbons (Fsp3) is 0.370. The molecule has 3 aromatic rings. The van der Waals surface area contributed by atoms with Crippen LogP contribution >= 0.6 is 11.8 Å². The standard InChI is InChI=1S/C27H29FN4O4S/c28-18-8-10-19(11-9-18)36-15-13-29-16-25(34)31-14-12-22-21(17-31)26(35)32(23-6-1-2-7-24(23)33)27(30-22)37-20-4-3-5-20/h1-2,6-11,20,29,33H,3-5,12-17H2. The molecule has 0 spiro atoms. The maximum atomic E-state index is 13.7. The van der Waals surface area contributed by atoms with Crippen LogP contribution in [-0.2, 0) is 17.8 Å². The van der Waals surface area contributed by atoms with Gasteiger partial charge in [0.05, 0.1) is 30.0 Å². The molecule has 1 aliphatic carbocycles. The van der Waals surface area contributed by atoms with Crippen molar-refractivity contribution in [2.45, 2.75) is 42.6 Å². The van der Waals surface area contributed by atoms with Crippen LogP contribution in [0, 0.1) is 5.82 Å². The molecule has 5 rings (SSSR count). The van der Waals surface area contributed by atoms with Gasteiger partial charge in [0, 0.05) is 24.8 Å². The van der Waals surface area contributed by atoms with E-state index in [2.05, 4.69) is 5.32 Å². The third-order valence-electron chi connectivity index (χ3n) is 6.64. The van der Waals surface area contributed by atoms with E-state index in [0.29, 0.717) is 53.5 Å². The first-order chi connectivity index (χ1) is 18.0. The van der Waals surface area contributed by atoms with Gasteiger partial charge in [0.1, 0.15) is 23.9 Å². The fourth-order valence-electron chi connectivity index (χ4n) is 4.33. The van der Waals surface area contributed by atoms with Gasteiger partial charge in [-0.1, -0.05) is 30.3 Å². The molecule has 0 atom stereocenters. The molecule has 0 saturated heterocycles. The Morgan fingerprint density at radius 2 is 1.97 bits per heavy atom. The molecular weight excluding hydrogens is 495 g/mol. The molecule has 37 heavy (non-hydrogen) atoms. The van der Waals surface area contributed by atoms with Crippen molar-refractivity contribution in [1.82, 2.24) is 19.8 Å². The van der Waals surface area contributed by atoms with Crippen molar-refractivity contribution in [1.29, 1.82) is 0 Å². The molecule has 8 nitrogen and oxygen atoms in total. The number of aromatic hydroxyl groups is 1. The van der Waals surface area contributed by atoms with E-state index in [1.807, 2.05) is 0 Å². The molecule has 0 radical (unpaired) electrons. The highest BCUT2D eigenvalue weighted by Gasteiger charge is 2.29. The lowest BCUT2D eigenvalue weighted by atomic mass is 10.0. The van der Waals surface area contributed by atoms with Gasteiger partial charge < -0.3 is 20.1 Å². The minimum atomic E-state index is -0.324. The lowest BCUT2D eigenvalue weighted by Gasteiger charge is -2.30. The normalized spacial score (nSPS) is 15.2. The Morgan fingerprint density at radius 1 is 1.19 bits per heavy atom. The molecule has 10 heteroatoms.